The largest absolute Gasteiger partial charge is 0.256 e. The van der Waals surface area contributed by atoms with Gasteiger partial charge in [-0.25, -0.2) is 9.97 Å². The zero-order valence-corrected chi connectivity index (χ0v) is 16.8. The number of aromatic nitrogens is 3. The minimum atomic E-state index is 0. The van der Waals surface area contributed by atoms with Crippen LogP contribution in [0.25, 0.3) is 22.6 Å². The molecule has 0 fully saturated rings. The molecule has 3 nitrogen and oxygen atoms in total. The fourth-order valence-corrected chi connectivity index (χ4v) is 2.61. The van der Waals surface area contributed by atoms with Crippen molar-refractivity contribution in [3.05, 3.63) is 102 Å². The fourth-order valence-electron chi connectivity index (χ4n) is 2.61. The van der Waals surface area contributed by atoms with E-state index in [9.17, 15) is 0 Å². The van der Waals surface area contributed by atoms with Crippen LogP contribution in [0.15, 0.2) is 79.3 Å². The first-order valence-electron chi connectivity index (χ1n) is 9.36. The molecule has 2 heterocycles. The zero-order valence-electron chi connectivity index (χ0n) is 16.8. The van der Waals surface area contributed by atoms with Gasteiger partial charge in [0.2, 0.25) is 0 Å². The quantitative estimate of drug-likeness (QED) is 0.384. The molecule has 4 aromatic rings. The van der Waals surface area contributed by atoms with Crippen molar-refractivity contribution in [1.82, 2.24) is 15.0 Å². The van der Waals surface area contributed by atoms with E-state index in [4.69, 9.17) is 0 Å². The van der Waals surface area contributed by atoms with Crippen LogP contribution in [0, 0.1) is 27.7 Å². The van der Waals surface area contributed by atoms with Crippen molar-refractivity contribution >= 4 is 0 Å². The average Bonchev–Trinajstić information content (AvgIpc) is 2.71. The summed E-state index contributed by atoms with van der Waals surface area (Å²) in [5.41, 5.74) is 8.09. The molecule has 3 heteroatoms. The Labute approximate surface area is 174 Å². The standard InChI is InChI=1S/C13H13N.C12H12N2.CH4/c1-10-3-6-12(7-4-10)13-8-5-11(2)9-14-13;1-9-3-5-11(6-4-9)12-13-7-10(2)8-14-12;/h3-9H,1-2H3;3-8H,1-2H3;1H4. The second-order valence-electron chi connectivity index (χ2n) is 7.04. The summed E-state index contributed by atoms with van der Waals surface area (Å²) in [6.45, 7) is 8.19. The Morgan fingerprint density at radius 3 is 1.38 bits per heavy atom. The van der Waals surface area contributed by atoms with Crippen LogP contribution in [-0.2, 0) is 0 Å². The maximum atomic E-state index is 4.38. The lowest BCUT2D eigenvalue weighted by atomic mass is 10.1. The van der Waals surface area contributed by atoms with Crippen molar-refractivity contribution in [1.29, 1.82) is 0 Å². The fraction of sp³-hybridized carbons (Fsp3) is 0.192. The van der Waals surface area contributed by atoms with Gasteiger partial charge in [0.1, 0.15) is 0 Å². The van der Waals surface area contributed by atoms with E-state index in [1.165, 1.54) is 22.3 Å². The number of hydrogen-bond donors (Lipinski definition) is 0. The summed E-state index contributed by atoms with van der Waals surface area (Å²) in [5.74, 6) is 0.788. The van der Waals surface area contributed by atoms with Crippen molar-refractivity contribution in [3.63, 3.8) is 0 Å². The van der Waals surface area contributed by atoms with Gasteiger partial charge in [0.25, 0.3) is 0 Å². The molecular weight excluding hydrogens is 354 g/mol. The predicted molar refractivity (Wildman–Crippen MR) is 123 cm³/mol. The van der Waals surface area contributed by atoms with E-state index in [1.54, 1.807) is 0 Å². The van der Waals surface area contributed by atoms with Crippen LogP contribution >= 0.6 is 0 Å². The Morgan fingerprint density at radius 1 is 0.448 bits per heavy atom. The predicted octanol–water partition coefficient (Wildman–Crippen LogP) is 6.76. The van der Waals surface area contributed by atoms with Gasteiger partial charge in [-0.15, -0.1) is 0 Å². The van der Waals surface area contributed by atoms with E-state index >= 15 is 0 Å². The molecular formula is C26H29N3. The van der Waals surface area contributed by atoms with E-state index in [1.807, 2.05) is 44.6 Å². The van der Waals surface area contributed by atoms with Gasteiger partial charge >= 0.3 is 0 Å². The highest BCUT2D eigenvalue weighted by Gasteiger charge is 1.99. The highest BCUT2D eigenvalue weighted by Crippen LogP contribution is 2.17. The maximum absolute atomic E-state index is 4.38. The lowest BCUT2D eigenvalue weighted by Crippen LogP contribution is -1.88. The van der Waals surface area contributed by atoms with Gasteiger partial charge in [-0.05, 0) is 44.9 Å². The van der Waals surface area contributed by atoms with E-state index in [0.29, 0.717) is 0 Å². The third kappa shape index (κ3) is 6.35. The minimum Gasteiger partial charge on any atom is -0.256 e. The lowest BCUT2D eigenvalue weighted by Gasteiger charge is -2.01. The van der Waals surface area contributed by atoms with E-state index in [-0.39, 0.29) is 7.43 Å². The van der Waals surface area contributed by atoms with Gasteiger partial charge in [-0.3, -0.25) is 4.98 Å². The number of hydrogen-bond acceptors (Lipinski definition) is 3. The summed E-state index contributed by atoms with van der Waals surface area (Å²) in [6, 6.07) is 20.8. The summed E-state index contributed by atoms with van der Waals surface area (Å²) in [6.07, 6.45) is 5.57. The first kappa shape index (κ1) is 22.0. The number of nitrogens with zero attached hydrogens (tertiary/aromatic N) is 3. The average molecular weight is 384 g/mol. The maximum Gasteiger partial charge on any atom is 0.159 e. The summed E-state index contributed by atoms with van der Waals surface area (Å²) in [5, 5.41) is 0. The SMILES string of the molecule is C.Cc1ccc(-c2ccc(C)cn2)cc1.Cc1ccc(-c2ncc(C)cn2)cc1. The van der Waals surface area contributed by atoms with Crippen molar-refractivity contribution < 1.29 is 0 Å². The third-order valence-electron chi connectivity index (χ3n) is 4.35. The van der Waals surface area contributed by atoms with Crippen LogP contribution in [0.4, 0.5) is 0 Å². The van der Waals surface area contributed by atoms with Gasteiger partial charge in [-0.1, -0.05) is 73.2 Å². The zero-order chi connectivity index (χ0) is 19.9. The normalized spacial score (nSPS) is 9.79. The molecule has 0 saturated carbocycles. The van der Waals surface area contributed by atoms with Crippen molar-refractivity contribution in [2.75, 3.05) is 0 Å². The Balaban J connectivity index is 0.000000200. The summed E-state index contributed by atoms with van der Waals surface area (Å²) in [4.78, 5) is 12.9. The van der Waals surface area contributed by atoms with Crippen molar-refractivity contribution in [2.24, 2.45) is 0 Å². The molecule has 0 N–H and O–H groups in total. The molecule has 0 atom stereocenters. The third-order valence-corrected chi connectivity index (χ3v) is 4.35. The smallest absolute Gasteiger partial charge is 0.159 e. The van der Waals surface area contributed by atoms with Crippen LogP contribution in [0.5, 0.6) is 0 Å². The van der Waals surface area contributed by atoms with Crippen LogP contribution < -0.4 is 0 Å². The number of pyridine rings is 1. The van der Waals surface area contributed by atoms with Gasteiger partial charge in [0, 0.05) is 29.7 Å². The molecule has 0 aliphatic heterocycles. The Kier molecular flexibility index (Phi) is 7.79. The van der Waals surface area contributed by atoms with Crippen molar-refractivity contribution in [2.45, 2.75) is 35.1 Å². The number of benzene rings is 2. The van der Waals surface area contributed by atoms with E-state index in [0.717, 1.165) is 22.6 Å². The molecule has 0 saturated heterocycles. The van der Waals surface area contributed by atoms with Crippen LogP contribution in [0.1, 0.15) is 29.7 Å². The molecule has 2 aromatic heterocycles. The highest BCUT2D eigenvalue weighted by molar-refractivity contribution is 5.59. The van der Waals surface area contributed by atoms with Gasteiger partial charge in [0.05, 0.1) is 5.69 Å². The van der Waals surface area contributed by atoms with Crippen LogP contribution in [0.3, 0.4) is 0 Å². The Morgan fingerprint density at radius 2 is 0.897 bits per heavy atom. The molecule has 29 heavy (non-hydrogen) atoms. The second-order valence-corrected chi connectivity index (χ2v) is 7.04. The van der Waals surface area contributed by atoms with Crippen molar-refractivity contribution in [3.8, 4) is 22.6 Å². The van der Waals surface area contributed by atoms with Gasteiger partial charge in [-0.2, -0.15) is 0 Å². The second kappa shape index (κ2) is 10.3. The molecule has 0 aliphatic carbocycles. The summed E-state index contributed by atoms with van der Waals surface area (Å²) < 4.78 is 0. The first-order chi connectivity index (χ1) is 13.5. The summed E-state index contributed by atoms with van der Waals surface area (Å²) >= 11 is 0. The molecule has 0 unspecified atom stereocenters. The molecule has 2 aromatic carbocycles. The van der Waals surface area contributed by atoms with Gasteiger partial charge in [0.15, 0.2) is 5.82 Å². The molecule has 0 spiro atoms. The lowest BCUT2D eigenvalue weighted by molar-refractivity contribution is 1.14. The monoisotopic (exact) mass is 383 g/mol. The van der Waals surface area contributed by atoms with E-state index in [2.05, 4.69) is 77.3 Å². The summed E-state index contributed by atoms with van der Waals surface area (Å²) in [7, 11) is 0. The molecule has 4 rings (SSSR count). The van der Waals surface area contributed by atoms with Crippen LogP contribution in [0.2, 0.25) is 0 Å². The molecule has 148 valence electrons. The molecule has 0 aliphatic rings. The van der Waals surface area contributed by atoms with Gasteiger partial charge < -0.3 is 0 Å². The molecule has 0 amide bonds. The Bertz CT molecular complexity index is 828. The van der Waals surface area contributed by atoms with E-state index < -0.39 is 0 Å². The Hall–Kier alpha value is -3.33. The van der Waals surface area contributed by atoms with Crippen LogP contribution in [-0.4, -0.2) is 15.0 Å². The topological polar surface area (TPSA) is 38.7 Å². The first-order valence-corrected chi connectivity index (χ1v) is 9.36. The minimum absolute atomic E-state index is 0. The molecule has 0 radical (unpaired) electrons. The highest BCUT2D eigenvalue weighted by atomic mass is 14.9. The number of rotatable bonds is 2. The molecule has 0 bridgehead atoms. The number of aryl methyl sites for hydroxylation is 4.